The number of nitrogens with zero attached hydrogens (tertiary/aromatic N) is 5. The van der Waals surface area contributed by atoms with Gasteiger partial charge in [0.1, 0.15) is 5.65 Å². The van der Waals surface area contributed by atoms with Crippen LogP contribution in [0.5, 0.6) is 0 Å². The first-order valence-corrected chi connectivity index (χ1v) is 9.77. The number of aryl methyl sites for hydroxylation is 1. The lowest BCUT2D eigenvalue weighted by molar-refractivity contribution is -0.129. The molecule has 4 aliphatic carbocycles. The van der Waals surface area contributed by atoms with Crippen molar-refractivity contribution in [2.45, 2.75) is 43.7 Å². The van der Waals surface area contributed by atoms with Crippen molar-refractivity contribution in [1.82, 2.24) is 30.2 Å². The van der Waals surface area contributed by atoms with Crippen molar-refractivity contribution in [3.8, 4) is 11.4 Å². The number of fused-ring (bicyclic) bond motifs is 1. The molecule has 3 unspecified atom stereocenters. The van der Waals surface area contributed by atoms with Gasteiger partial charge in [-0.2, -0.15) is 4.80 Å². The lowest BCUT2D eigenvalue weighted by Crippen LogP contribution is -2.59. The first kappa shape index (κ1) is 15.6. The molecule has 0 radical (unpaired) electrons. The average Bonchev–Trinajstić information content (AvgIpc) is 3.25. The summed E-state index contributed by atoms with van der Waals surface area (Å²) in [6.07, 6.45) is 9.00. The summed E-state index contributed by atoms with van der Waals surface area (Å²) in [5, 5.41) is 28.4. The molecule has 4 fully saturated rings. The predicted octanol–water partition coefficient (Wildman–Crippen LogP) is 2.10. The van der Waals surface area contributed by atoms with Gasteiger partial charge in [-0.25, -0.2) is 4.98 Å². The van der Waals surface area contributed by atoms with Crippen molar-refractivity contribution in [2.75, 3.05) is 5.32 Å². The quantitative estimate of drug-likeness (QED) is 0.657. The third kappa shape index (κ3) is 2.32. The molecule has 140 valence electrons. The highest BCUT2D eigenvalue weighted by molar-refractivity contribution is 5.97. The Labute approximate surface area is 156 Å². The van der Waals surface area contributed by atoms with E-state index in [1.165, 1.54) is 17.6 Å². The van der Waals surface area contributed by atoms with Gasteiger partial charge in [-0.3, -0.25) is 0 Å². The Bertz CT molecular complexity index is 1010. The van der Waals surface area contributed by atoms with E-state index in [1.807, 2.05) is 18.5 Å². The second kappa shape index (κ2) is 5.28. The average molecular weight is 365 g/mol. The molecule has 4 aliphatic rings. The number of nitrogens with one attached hydrogen (secondary N) is 2. The molecule has 3 aromatic heterocycles. The van der Waals surface area contributed by atoms with E-state index in [9.17, 15) is 5.11 Å². The maximum Gasteiger partial charge on any atom is 0.208 e. The van der Waals surface area contributed by atoms with Gasteiger partial charge < -0.3 is 15.4 Å². The highest BCUT2D eigenvalue weighted by atomic mass is 16.3. The summed E-state index contributed by atoms with van der Waals surface area (Å²) in [4.78, 5) is 9.20. The van der Waals surface area contributed by atoms with Crippen LogP contribution in [0.3, 0.4) is 0 Å². The zero-order valence-electron chi connectivity index (χ0n) is 15.3. The number of H-pyrrole nitrogens is 1. The molecule has 7 rings (SSSR count). The van der Waals surface area contributed by atoms with Gasteiger partial charge in [0, 0.05) is 23.8 Å². The SMILES string of the molecule is Cn1nnc(-c2cnc3[nH]ccc3c2NC2[C@@H]3CC4C[C@H]2CC(O)(C4)C3)n1. The zero-order valence-corrected chi connectivity index (χ0v) is 15.3. The highest BCUT2D eigenvalue weighted by Gasteiger charge is 2.54. The van der Waals surface area contributed by atoms with E-state index >= 15 is 0 Å². The number of rotatable bonds is 3. The Hall–Kier alpha value is -2.48. The van der Waals surface area contributed by atoms with Gasteiger partial charge in [-0.1, -0.05) is 0 Å². The zero-order chi connectivity index (χ0) is 18.2. The second-order valence-electron chi connectivity index (χ2n) is 8.75. The number of hydrogen-bond donors (Lipinski definition) is 3. The molecule has 4 bridgehead atoms. The van der Waals surface area contributed by atoms with E-state index in [-0.39, 0.29) is 0 Å². The summed E-state index contributed by atoms with van der Waals surface area (Å²) in [5.41, 5.74) is 2.33. The smallest absolute Gasteiger partial charge is 0.208 e. The van der Waals surface area contributed by atoms with Gasteiger partial charge in [-0.15, -0.1) is 10.2 Å². The van der Waals surface area contributed by atoms with Gasteiger partial charge in [0.25, 0.3) is 0 Å². The van der Waals surface area contributed by atoms with Gasteiger partial charge in [0.15, 0.2) is 0 Å². The molecule has 8 heteroatoms. The number of aromatic nitrogens is 6. The summed E-state index contributed by atoms with van der Waals surface area (Å²) in [6.45, 7) is 0. The number of anilines is 1. The molecule has 27 heavy (non-hydrogen) atoms. The minimum absolute atomic E-state index is 0.373. The molecule has 3 heterocycles. The summed E-state index contributed by atoms with van der Waals surface area (Å²) in [5.74, 6) is 2.31. The maximum atomic E-state index is 10.9. The molecule has 8 nitrogen and oxygen atoms in total. The number of aliphatic hydroxyl groups is 1. The third-order valence-corrected chi connectivity index (χ3v) is 6.89. The van der Waals surface area contributed by atoms with Gasteiger partial charge in [-0.05, 0) is 61.1 Å². The fourth-order valence-electron chi connectivity index (χ4n) is 6.11. The van der Waals surface area contributed by atoms with Crippen molar-refractivity contribution < 1.29 is 5.11 Å². The normalized spacial score (nSPS) is 34.4. The van der Waals surface area contributed by atoms with Crippen LogP contribution in [0.2, 0.25) is 0 Å². The van der Waals surface area contributed by atoms with E-state index in [0.717, 1.165) is 41.5 Å². The summed E-state index contributed by atoms with van der Waals surface area (Å²) in [7, 11) is 1.77. The first-order chi connectivity index (χ1) is 13.1. The molecule has 5 atom stereocenters. The van der Waals surface area contributed by atoms with Crippen molar-refractivity contribution in [3.05, 3.63) is 18.5 Å². The minimum atomic E-state index is -0.425. The summed E-state index contributed by atoms with van der Waals surface area (Å²) >= 11 is 0. The third-order valence-electron chi connectivity index (χ3n) is 6.89. The Balaban J connectivity index is 1.43. The molecule has 0 aromatic carbocycles. The largest absolute Gasteiger partial charge is 0.390 e. The van der Waals surface area contributed by atoms with Crippen LogP contribution < -0.4 is 5.32 Å². The fourth-order valence-corrected chi connectivity index (χ4v) is 6.11. The highest BCUT2D eigenvalue weighted by Crippen LogP contribution is 2.56. The molecular formula is C19H23N7O. The van der Waals surface area contributed by atoms with Gasteiger partial charge >= 0.3 is 0 Å². The molecule has 0 saturated heterocycles. The van der Waals surface area contributed by atoms with Crippen molar-refractivity contribution >= 4 is 16.7 Å². The second-order valence-corrected chi connectivity index (χ2v) is 8.75. The number of tetrazole rings is 1. The van der Waals surface area contributed by atoms with E-state index in [4.69, 9.17) is 0 Å². The molecule has 0 amide bonds. The molecule has 0 aliphatic heterocycles. The van der Waals surface area contributed by atoms with Crippen LogP contribution >= 0.6 is 0 Å². The van der Waals surface area contributed by atoms with Crippen LogP contribution in [-0.2, 0) is 7.05 Å². The van der Waals surface area contributed by atoms with Crippen LogP contribution in [-0.4, -0.2) is 46.9 Å². The van der Waals surface area contributed by atoms with Crippen LogP contribution in [0.15, 0.2) is 18.5 Å². The molecule has 4 saturated carbocycles. The van der Waals surface area contributed by atoms with E-state index in [2.05, 4.69) is 30.7 Å². The topological polar surface area (TPSA) is 105 Å². The Kier molecular flexibility index (Phi) is 3.05. The standard InChI is InChI=1S/C19H23N7O/c1-26-24-18(23-25-26)14-9-21-17-13(2-3-20-17)16(14)22-15-11-4-10-5-12(15)8-19(27,6-10)7-11/h2-3,9-12,15,27H,4-8H2,1H3,(H2,20,21,22)/t10?,11-,12+,15?,19?. The van der Waals surface area contributed by atoms with Crippen LogP contribution in [0.25, 0.3) is 22.4 Å². The number of aromatic amines is 1. The minimum Gasteiger partial charge on any atom is -0.390 e. The van der Waals surface area contributed by atoms with Crippen molar-refractivity contribution in [1.29, 1.82) is 0 Å². The Morgan fingerprint density at radius 1 is 1.26 bits per heavy atom. The van der Waals surface area contributed by atoms with Crippen LogP contribution in [0, 0.1) is 17.8 Å². The molecule has 3 aromatic rings. The summed E-state index contributed by atoms with van der Waals surface area (Å²) in [6, 6.07) is 2.42. The Morgan fingerprint density at radius 3 is 2.78 bits per heavy atom. The van der Waals surface area contributed by atoms with E-state index in [0.29, 0.717) is 29.6 Å². The van der Waals surface area contributed by atoms with Gasteiger partial charge in [0.05, 0.1) is 23.9 Å². The van der Waals surface area contributed by atoms with Crippen LogP contribution in [0.4, 0.5) is 5.69 Å². The van der Waals surface area contributed by atoms with E-state index in [1.54, 1.807) is 7.05 Å². The number of pyridine rings is 1. The predicted molar refractivity (Wildman–Crippen MR) is 99.8 cm³/mol. The fraction of sp³-hybridized carbons (Fsp3) is 0.579. The van der Waals surface area contributed by atoms with Crippen LogP contribution in [0.1, 0.15) is 32.1 Å². The molecule has 0 spiro atoms. The Morgan fingerprint density at radius 2 is 2.07 bits per heavy atom. The molecule has 3 N–H and O–H groups in total. The first-order valence-electron chi connectivity index (χ1n) is 9.77. The lowest BCUT2D eigenvalue weighted by atomic mass is 9.52. The van der Waals surface area contributed by atoms with Gasteiger partial charge in [0.2, 0.25) is 5.82 Å². The van der Waals surface area contributed by atoms with E-state index < -0.39 is 5.60 Å². The van der Waals surface area contributed by atoms with Crippen molar-refractivity contribution in [3.63, 3.8) is 0 Å². The lowest BCUT2D eigenvalue weighted by Gasteiger charge is -2.58. The maximum absolute atomic E-state index is 10.9. The van der Waals surface area contributed by atoms with Crippen molar-refractivity contribution in [2.24, 2.45) is 24.8 Å². The molecular weight excluding hydrogens is 342 g/mol. The summed E-state index contributed by atoms with van der Waals surface area (Å²) < 4.78 is 0. The number of hydrogen-bond acceptors (Lipinski definition) is 6. The monoisotopic (exact) mass is 365 g/mol.